The van der Waals surface area contributed by atoms with E-state index in [0.717, 1.165) is 18.9 Å². The van der Waals surface area contributed by atoms with Crippen molar-refractivity contribution < 1.29 is 19.1 Å². The second-order valence-corrected chi connectivity index (χ2v) is 5.18. The van der Waals surface area contributed by atoms with Crippen molar-refractivity contribution in [2.45, 2.75) is 31.2 Å². The molecule has 3 N–H and O–H groups in total. The van der Waals surface area contributed by atoms with Crippen LogP contribution in [0.4, 0.5) is 14.9 Å². The maximum Gasteiger partial charge on any atom is 0.329 e. The van der Waals surface area contributed by atoms with Crippen LogP contribution in [0.2, 0.25) is 5.02 Å². The number of rotatable bonds is 3. The molecule has 1 aromatic rings. The van der Waals surface area contributed by atoms with Crippen molar-refractivity contribution in [3.63, 3.8) is 0 Å². The molecule has 0 atom stereocenters. The van der Waals surface area contributed by atoms with Gasteiger partial charge in [0.1, 0.15) is 11.4 Å². The van der Waals surface area contributed by atoms with Gasteiger partial charge >= 0.3 is 12.0 Å². The number of hydrogen-bond donors (Lipinski definition) is 3. The number of carbonyl (C=O) groups excluding carboxylic acids is 1. The van der Waals surface area contributed by atoms with Crippen LogP contribution in [0.1, 0.15) is 25.7 Å². The molecule has 0 spiro atoms. The topological polar surface area (TPSA) is 78.4 Å². The maximum atomic E-state index is 13.5. The summed E-state index contributed by atoms with van der Waals surface area (Å²) < 4.78 is 13.5. The van der Waals surface area contributed by atoms with Gasteiger partial charge in [0, 0.05) is 0 Å². The minimum atomic E-state index is -1.28. The smallest absolute Gasteiger partial charge is 0.329 e. The number of carbonyl (C=O) groups is 2. The predicted octanol–water partition coefficient (Wildman–Crippen LogP) is 3.00. The second kappa shape index (κ2) is 5.66. The zero-order chi connectivity index (χ0) is 14.8. The third kappa shape index (κ3) is 2.85. The first-order valence-electron chi connectivity index (χ1n) is 6.21. The van der Waals surface area contributed by atoms with E-state index in [1.54, 1.807) is 0 Å². The van der Waals surface area contributed by atoms with Gasteiger partial charge in [0.2, 0.25) is 0 Å². The van der Waals surface area contributed by atoms with Crippen molar-refractivity contribution >= 4 is 29.3 Å². The summed E-state index contributed by atoms with van der Waals surface area (Å²) in [5, 5.41) is 14.0. The summed E-state index contributed by atoms with van der Waals surface area (Å²) in [5.41, 5.74) is -1.44. The Morgan fingerprint density at radius 3 is 2.50 bits per heavy atom. The molecule has 0 aromatic heterocycles. The molecule has 1 aliphatic carbocycles. The fraction of sp³-hybridized carbons (Fsp3) is 0.385. The Hall–Kier alpha value is -1.82. The van der Waals surface area contributed by atoms with Gasteiger partial charge in [-0.25, -0.2) is 14.0 Å². The molecule has 0 heterocycles. The Balaban J connectivity index is 2.11. The summed E-state index contributed by atoms with van der Waals surface area (Å²) >= 11 is 5.79. The van der Waals surface area contributed by atoms with E-state index in [-0.39, 0.29) is 10.7 Å². The Kier molecular flexibility index (Phi) is 4.13. The highest BCUT2D eigenvalue weighted by Gasteiger charge is 2.42. The fourth-order valence-corrected chi connectivity index (χ4v) is 2.56. The molecule has 20 heavy (non-hydrogen) atoms. The molecule has 0 saturated heterocycles. The van der Waals surface area contributed by atoms with Crippen molar-refractivity contribution in [3.8, 4) is 0 Å². The Bertz CT molecular complexity index is 524. The molecule has 108 valence electrons. The average molecular weight is 301 g/mol. The molecule has 0 aliphatic heterocycles. The van der Waals surface area contributed by atoms with Crippen molar-refractivity contribution in [3.05, 3.63) is 29.0 Å². The molecule has 1 fully saturated rings. The third-order valence-electron chi connectivity index (χ3n) is 3.42. The lowest BCUT2D eigenvalue weighted by Crippen LogP contribution is -2.53. The predicted molar refractivity (Wildman–Crippen MR) is 72.4 cm³/mol. The van der Waals surface area contributed by atoms with Gasteiger partial charge in [0.15, 0.2) is 0 Å². The number of nitrogens with one attached hydrogen (secondary N) is 2. The van der Waals surface area contributed by atoms with Crippen LogP contribution in [0.5, 0.6) is 0 Å². The fourth-order valence-electron chi connectivity index (χ4n) is 2.35. The molecule has 2 amide bonds. The summed E-state index contributed by atoms with van der Waals surface area (Å²) in [4.78, 5) is 23.2. The van der Waals surface area contributed by atoms with Crippen molar-refractivity contribution in [2.24, 2.45) is 0 Å². The number of carboxylic acids is 1. The quantitative estimate of drug-likeness (QED) is 0.803. The van der Waals surface area contributed by atoms with Crippen molar-refractivity contribution in [2.75, 3.05) is 5.32 Å². The molecular weight excluding hydrogens is 287 g/mol. The summed E-state index contributed by atoms with van der Waals surface area (Å²) in [6, 6.07) is 3.23. The number of amides is 2. The summed E-state index contributed by atoms with van der Waals surface area (Å²) in [7, 11) is 0. The van der Waals surface area contributed by atoms with Gasteiger partial charge in [-0.1, -0.05) is 30.5 Å². The minimum Gasteiger partial charge on any atom is -0.480 e. The maximum absolute atomic E-state index is 13.5. The van der Waals surface area contributed by atoms with Crippen LogP contribution in [-0.2, 0) is 4.79 Å². The van der Waals surface area contributed by atoms with Crippen LogP contribution in [0, 0.1) is 5.82 Å². The minimum absolute atomic E-state index is 0.0518. The first-order valence-corrected chi connectivity index (χ1v) is 6.59. The van der Waals surface area contributed by atoms with Crippen molar-refractivity contribution in [1.29, 1.82) is 0 Å². The number of anilines is 1. The summed E-state index contributed by atoms with van der Waals surface area (Å²) in [5.74, 6) is -1.76. The van der Waals surface area contributed by atoms with Gasteiger partial charge in [-0.3, -0.25) is 0 Å². The highest BCUT2D eigenvalue weighted by atomic mass is 35.5. The van der Waals surface area contributed by atoms with E-state index >= 15 is 0 Å². The van der Waals surface area contributed by atoms with E-state index in [9.17, 15) is 19.1 Å². The van der Waals surface area contributed by atoms with Gasteiger partial charge < -0.3 is 15.7 Å². The molecule has 5 nitrogen and oxygen atoms in total. The van der Waals surface area contributed by atoms with E-state index in [1.807, 2.05) is 0 Å². The molecule has 0 bridgehead atoms. The first kappa shape index (κ1) is 14.6. The van der Waals surface area contributed by atoms with Crippen LogP contribution < -0.4 is 10.6 Å². The molecular formula is C13H14ClFN2O3. The molecule has 7 heteroatoms. The van der Waals surface area contributed by atoms with Crippen LogP contribution in [0.25, 0.3) is 0 Å². The van der Waals surface area contributed by atoms with E-state index < -0.39 is 23.4 Å². The van der Waals surface area contributed by atoms with E-state index in [0.29, 0.717) is 12.8 Å². The normalized spacial score (nSPS) is 16.7. The van der Waals surface area contributed by atoms with Crippen molar-refractivity contribution in [1.82, 2.24) is 5.32 Å². The zero-order valence-corrected chi connectivity index (χ0v) is 11.3. The third-order valence-corrected chi connectivity index (χ3v) is 3.74. The number of para-hydroxylation sites is 1. The zero-order valence-electron chi connectivity index (χ0n) is 10.6. The lowest BCUT2D eigenvalue weighted by atomic mass is 9.98. The number of aliphatic carboxylic acids is 1. The van der Waals surface area contributed by atoms with Gasteiger partial charge in [-0.2, -0.15) is 0 Å². The monoisotopic (exact) mass is 300 g/mol. The molecule has 2 rings (SSSR count). The lowest BCUT2D eigenvalue weighted by Gasteiger charge is -2.25. The molecule has 1 aromatic carbocycles. The molecule has 0 unspecified atom stereocenters. The van der Waals surface area contributed by atoms with Gasteiger partial charge in [-0.05, 0) is 25.0 Å². The SMILES string of the molecule is O=C(Nc1c(F)cccc1Cl)NC1(C(=O)O)CCCC1. The van der Waals surface area contributed by atoms with E-state index in [1.165, 1.54) is 12.1 Å². The standard InChI is InChI=1S/C13H14ClFN2O3/c14-8-4-3-5-9(15)10(8)16-12(20)17-13(11(18)19)6-1-2-7-13/h3-5H,1-2,6-7H2,(H,18,19)(H2,16,17,20). The number of halogens is 2. The number of benzene rings is 1. The lowest BCUT2D eigenvalue weighted by molar-refractivity contribution is -0.144. The largest absolute Gasteiger partial charge is 0.480 e. The molecule has 0 radical (unpaired) electrons. The first-order chi connectivity index (χ1) is 9.44. The Labute approximate surface area is 120 Å². The van der Waals surface area contributed by atoms with Gasteiger partial charge in [0.05, 0.1) is 10.7 Å². The van der Waals surface area contributed by atoms with E-state index in [4.69, 9.17) is 11.6 Å². The van der Waals surface area contributed by atoms with Crippen LogP contribution in [-0.4, -0.2) is 22.6 Å². The number of hydrogen-bond acceptors (Lipinski definition) is 2. The Morgan fingerprint density at radius 1 is 1.30 bits per heavy atom. The molecule has 1 aliphatic rings. The summed E-state index contributed by atoms with van der Waals surface area (Å²) in [6.07, 6.45) is 2.18. The second-order valence-electron chi connectivity index (χ2n) is 4.77. The van der Waals surface area contributed by atoms with Gasteiger partial charge in [-0.15, -0.1) is 0 Å². The molecule has 1 saturated carbocycles. The average Bonchev–Trinajstić information content (AvgIpc) is 2.84. The highest BCUT2D eigenvalue weighted by Crippen LogP contribution is 2.30. The summed E-state index contributed by atoms with van der Waals surface area (Å²) in [6.45, 7) is 0. The van der Waals surface area contributed by atoms with Crippen LogP contribution in [0.3, 0.4) is 0 Å². The van der Waals surface area contributed by atoms with Gasteiger partial charge in [0.25, 0.3) is 0 Å². The highest BCUT2D eigenvalue weighted by molar-refractivity contribution is 6.33. The van der Waals surface area contributed by atoms with Crippen LogP contribution >= 0.6 is 11.6 Å². The van der Waals surface area contributed by atoms with E-state index in [2.05, 4.69) is 10.6 Å². The van der Waals surface area contributed by atoms with Crippen LogP contribution in [0.15, 0.2) is 18.2 Å². The Morgan fingerprint density at radius 2 is 1.95 bits per heavy atom. The number of carboxylic acid groups (broad SMARTS) is 1. The number of urea groups is 1.